The molecule has 18 rings (SSSR count). The third-order valence-corrected chi connectivity index (χ3v) is 25.6. The largest absolute Gasteiger partial charge is 0.507 e. The standard InChI is InChI=1S/C19H18N2O3.C17H12Br2N2O3.C17H12Cl2N2O3.C16H11Br2N3O3.C16H11Cl2N3O3.C16H11F2N3O3/c1-11-8-13(9-12(2)18(11)23)5-7-20-15-10-16(22)14-4-3-6-21-17(14)19(15)24;18-12-5-9(6-13(19)17(12)24)1-4-21-14-7-15(22)10-2-3-20-8-11(10)16(14)23;18-11-6-9(7-12(19)16(11)23)3-5-20-13-8-14(22)10-2-1-4-21-15(10)17(13)24;3*17-11-3-8(4-12(18)16(11)24)1-2-19-13-5-14(22)9-6-20-21-7-10(9)15(13)23/h3-4,6,8-10,20,23H,5,7H2,1-2H3;2-3,5-8,21,24H,1,4H2;1-2,4,6-8,20,23H,3,5H2;3*3-7,19,24H,1-2H2. The number of rotatable bonds is 24. The number of aromatic hydroxyl groups is 6. The van der Waals surface area contributed by atoms with E-state index in [1.165, 1.54) is 92.3 Å². The number of carbonyl (C=O) groups excluding carboxylic acids is 12. The summed E-state index contributed by atoms with van der Waals surface area (Å²) in [5, 5.41) is 97.4. The molecule has 0 spiro atoms. The number of ketones is 12. The van der Waals surface area contributed by atoms with Crippen molar-refractivity contribution < 1.29 is 97.0 Å². The topological polar surface area (TPSA) is 514 Å². The van der Waals surface area contributed by atoms with Gasteiger partial charge in [0.2, 0.25) is 34.7 Å². The van der Waals surface area contributed by atoms with Gasteiger partial charge in [-0.05, 0) is 252 Å². The highest BCUT2D eigenvalue weighted by atomic mass is 79.9. The van der Waals surface area contributed by atoms with Crippen molar-refractivity contribution in [2.45, 2.75) is 52.4 Å². The molecular weight excluding hydrogens is 2210 g/mol. The molecule has 43 heteroatoms. The first-order valence-electron chi connectivity index (χ1n) is 43.0. The average Bonchev–Trinajstić information content (AvgIpc) is 0.808. The number of fused-ring (bicyclic) bond motifs is 6. The van der Waals surface area contributed by atoms with Crippen LogP contribution in [0.2, 0.25) is 20.1 Å². The highest BCUT2D eigenvalue weighted by molar-refractivity contribution is 9.11. The molecule has 144 heavy (non-hydrogen) atoms. The predicted octanol–water partition coefficient (Wildman–Crippen LogP) is 16.0. The molecular formula is C101H75Br4Cl4F2N15O18. The van der Waals surface area contributed by atoms with E-state index in [1.54, 1.807) is 66.7 Å². The van der Waals surface area contributed by atoms with Gasteiger partial charge in [0, 0.05) is 106 Å². The van der Waals surface area contributed by atoms with Gasteiger partial charge in [0.15, 0.2) is 63.6 Å². The zero-order valence-corrected chi connectivity index (χ0v) is 84.3. The maximum absolute atomic E-state index is 13.3. The lowest BCUT2D eigenvalue weighted by Gasteiger charge is -2.16. The quantitative estimate of drug-likeness (QED) is 0.0267. The summed E-state index contributed by atoms with van der Waals surface area (Å²) in [6, 6.07) is 27.5. The van der Waals surface area contributed by atoms with Crippen LogP contribution in [0.15, 0.2) is 254 Å². The number of phenolic OH excluding ortho intramolecular Hbond substituents is 6. The Morgan fingerprint density at radius 3 is 0.833 bits per heavy atom. The average molecular weight is 2290 g/mol. The van der Waals surface area contributed by atoms with Gasteiger partial charge < -0.3 is 62.5 Å². The first-order valence-corrected chi connectivity index (χ1v) is 47.7. The van der Waals surface area contributed by atoms with Gasteiger partial charge in [0.25, 0.3) is 0 Å². The van der Waals surface area contributed by atoms with Crippen molar-refractivity contribution in [3.63, 3.8) is 0 Å². The van der Waals surface area contributed by atoms with E-state index in [9.17, 15) is 91.8 Å². The Kier molecular flexibility index (Phi) is 35.6. The van der Waals surface area contributed by atoms with Crippen molar-refractivity contribution in [3.8, 4) is 34.5 Å². The summed E-state index contributed by atoms with van der Waals surface area (Å²) >= 11 is 36.6. The molecule has 0 radical (unpaired) electrons. The van der Waals surface area contributed by atoms with E-state index in [4.69, 9.17) is 51.5 Å². The van der Waals surface area contributed by atoms with E-state index < -0.39 is 23.2 Å². The van der Waals surface area contributed by atoms with Gasteiger partial charge in [-0.15, -0.1) is 0 Å². The molecule has 0 fully saturated rings. The Labute approximate surface area is 870 Å². The van der Waals surface area contributed by atoms with Gasteiger partial charge >= 0.3 is 0 Å². The maximum Gasteiger partial charge on any atom is 0.228 e. The number of aryl methyl sites for hydroxylation is 2. The Bertz CT molecular complexity index is 6270. The van der Waals surface area contributed by atoms with E-state index in [1.807, 2.05) is 38.1 Å². The van der Waals surface area contributed by atoms with Crippen LogP contribution in [-0.4, -0.2) is 185 Å². The van der Waals surface area contributed by atoms with Crippen LogP contribution in [0.3, 0.4) is 0 Å². The fraction of sp³-hybridized carbons (Fsp3) is 0.139. The highest BCUT2D eigenvalue weighted by Gasteiger charge is 2.33. The number of halogens is 10. The molecule has 33 nitrogen and oxygen atoms in total. The number of pyridine rings is 3. The molecule has 0 saturated heterocycles. The molecule has 6 heterocycles. The lowest BCUT2D eigenvalue weighted by Crippen LogP contribution is -2.29. The zero-order chi connectivity index (χ0) is 104. The zero-order valence-electron chi connectivity index (χ0n) is 74.9. The maximum atomic E-state index is 13.3. The smallest absolute Gasteiger partial charge is 0.228 e. The first-order chi connectivity index (χ1) is 68.8. The minimum Gasteiger partial charge on any atom is -0.507 e. The Morgan fingerprint density at radius 1 is 0.278 bits per heavy atom. The molecule has 12 aromatic rings. The minimum atomic E-state index is -1.05. The van der Waals surface area contributed by atoms with Gasteiger partial charge in [-0.3, -0.25) is 72.5 Å². The number of nitrogens with zero attached hydrogens (tertiary/aromatic N) is 9. The second kappa shape index (κ2) is 48.2. The van der Waals surface area contributed by atoms with E-state index in [0.717, 1.165) is 57.2 Å². The van der Waals surface area contributed by atoms with Crippen LogP contribution < -0.4 is 31.9 Å². The second-order valence-corrected chi connectivity index (χ2v) is 36.9. The van der Waals surface area contributed by atoms with Crippen LogP contribution in [0.5, 0.6) is 34.5 Å². The number of aromatic nitrogens is 9. The fourth-order valence-corrected chi connectivity index (χ4v) is 18.4. The molecule has 6 aromatic carbocycles. The number of Topliss-reactive ketones (excluding diaryl/α,β-unsaturated/α-hetero) is 6. The first kappa shape index (κ1) is 106. The molecule has 0 saturated carbocycles. The number of allylic oxidation sites excluding steroid dienone is 12. The summed E-state index contributed by atoms with van der Waals surface area (Å²) in [7, 11) is 0. The van der Waals surface area contributed by atoms with E-state index in [0.29, 0.717) is 116 Å². The fourth-order valence-electron chi connectivity index (χ4n) is 14.8. The summed E-state index contributed by atoms with van der Waals surface area (Å²) in [5.74, 6) is -6.25. The molecule has 12 N–H and O–H groups in total. The summed E-state index contributed by atoms with van der Waals surface area (Å²) < 4.78 is 28.9. The SMILES string of the molecule is Cc1cc(CCNC2=CC(=O)c3cccnc3C2=O)cc(C)c1O.O=C1C=C(NCCc2cc(Br)c(O)c(Br)c2)C(=O)c2cnccc21.O=C1C=C(NCCc2cc(Br)c(O)c(Br)c2)C(=O)c2cnncc21.O=C1C=C(NCCc2cc(Cl)c(O)c(Cl)c2)C(=O)c2cnncc21.O=C1C=C(NCCc2cc(Cl)c(O)c(Cl)c2)C(=O)c2ncccc21.O=C1C=C(NCCc2cc(F)c(O)c(F)c2)C(=O)c2cnncc21. The van der Waals surface area contributed by atoms with Crippen LogP contribution in [-0.2, 0) is 38.5 Å². The summed E-state index contributed by atoms with van der Waals surface area (Å²) in [4.78, 5) is 158. The Morgan fingerprint density at radius 2 is 0.528 bits per heavy atom. The van der Waals surface area contributed by atoms with E-state index in [2.05, 4.69) is 141 Å². The highest BCUT2D eigenvalue weighted by Crippen LogP contribution is 2.38. The van der Waals surface area contributed by atoms with E-state index in [-0.39, 0.29) is 199 Å². The summed E-state index contributed by atoms with van der Waals surface area (Å²) in [6.45, 7) is 6.10. The van der Waals surface area contributed by atoms with Gasteiger partial charge in [0.1, 0.15) is 28.6 Å². The summed E-state index contributed by atoms with van der Waals surface area (Å²) in [6.07, 6.45) is 24.3. The molecule has 0 aliphatic heterocycles. The lowest BCUT2D eigenvalue weighted by molar-refractivity contribution is 0.0974. The third kappa shape index (κ3) is 25.9. The molecule has 6 aliphatic carbocycles. The number of phenols is 6. The Hall–Kier alpha value is -15.0. The second-order valence-electron chi connectivity index (χ2n) is 31.9. The molecule has 0 unspecified atom stereocenters. The van der Waals surface area contributed by atoms with Crippen molar-refractivity contribution in [1.29, 1.82) is 0 Å². The molecule has 732 valence electrons. The van der Waals surface area contributed by atoms with Crippen LogP contribution in [0.25, 0.3) is 0 Å². The Balaban J connectivity index is 0.000000145. The predicted molar refractivity (Wildman–Crippen MR) is 538 cm³/mol. The van der Waals surface area contributed by atoms with Crippen molar-refractivity contribution in [2.75, 3.05) is 39.3 Å². The van der Waals surface area contributed by atoms with Gasteiger partial charge in [-0.2, -0.15) is 30.6 Å². The van der Waals surface area contributed by atoms with Gasteiger partial charge in [0.05, 0.1) is 159 Å². The number of benzene rings is 6. The minimum absolute atomic E-state index is 0.0835. The lowest BCUT2D eigenvalue weighted by atomic mass is 9.94. The van der Waals surface area contributed by atoms with Crippen LogP contribution in [0, 0.1) is 25.5 Å². The van der Waals surface area contributed by atoms with Gasteiger partial charge in [-0.25, -0.2) is 8.78 Å². The van der Waals surface area contributed by atoms with E-state index >= 15 is 0 Å². The van der Waals surface area contributed by atoms with Crippen molar-refractivity contribution in [1.82, 2.24) is 77.4 Å². The number of carbonyl (C=O) groups is 12. The number of nitrogens with one attached hydrogen (secondary N) is 6. The molecule has 0 amide bonds. The number of hydrogen-bond donors (Lipinski definition) is 12. The monoisotopic (exact) mass is 2280 g/mol. The van der Waals surface area contributed by atoms with Crippen molar-refractivity contribution >= 4 is 180 Å². The molecule has 0 atom stereocenters. The molecule has 6 aromatic heterocycles. The van der Waals surface area contributed by atoms with Crippen molar-refractivity contribution in [3.05, 3.63) is 397 Å². The molecule has 6 aliphatic rings. The number of hydrogen-bond acceptors (Lipinski definition) is 33. The van der Waals surface area contributed by atoms with Gasteiger partial charge in [-0.1, -0.05) is 58.5 Å². The summed E-state index contributed by atoms with van der Waals surface area (Å²) in [5.41, 5.74) is 10.9. The molecule has 0 bridgehead atoms. The van der Waals surface area contributed by atoms with Crippen LogP contribution in [0.4, 0.5) is 8.78 Å². The van der Waals surface area contributed by atoms with Crippen LogP contribution >= 0.6 is 110 Å². The third-order valence-electron chi connectivity index (χ3n) is 22.1. The normalized spacial score (nSPS) is 13.5. The van der Waals surface area contributed by atoms with Crippen molar-refractivity contribution in [2.24, 2.45) is 0 Å². The van der Waals surface area contributed by atoms with Crippen LogP contribution in [0.1, 0.15) is 169 Å².